The fourth-order valence-corrected chi connectivity index (χ4v) is 1.56. The van der Waals surface area contributed by atoms with E-state index in [1.54, 1.807) is 13.8 Å². The fraction of sp³-hybridized carbons (Fsp3) is 0.364. The van der Waals surface area contributed by atoms with Crippen molar-refractivity contribution in [3.8, 4) is 5.75 Å². The molecule has 0 heterocycles. The van der Waals surface area contributed by atoms with E-state index < -0.39 is 10.9 Å². The third-order valence-electron chi connectivity index (χ3n) is 2.56. The molecule has 1 rings (SSSR count). The quantitative estimate of drug-likeness (QED) is 0.458. The summed E-state index contributed by atoms with van der Waals surface area (Å²) in [6.07, 6.45) is 0. The number of hydrogen-bond acceptors (Lipinski definition) is 5. The highest BCUT2D eigenvalue weighted by atomic mass is 16.6. The number of rotatable bonds is 3. The molecule has 0 fully saturated rings. The summed E-state index contributed by atoms with van der Waals surface area (Å²) in [5.41, 5.74) is 0.968. The first-order valence-corrected chi connectivity index (χ1v) is 4.84. The van der Waals surface area contributed by atoms with Crippen LogP contribution in [0, 0.1) is 24.0 Å². The highest BCUT2D eigenvalue weighted by molar-refractivity contribution is 5.94. The number of carbonyl (C=O) groups excluding carboxylic acids is 1. The summed E-state index contributed by atoms with van der Waals surface area (Å²) in [7, 11) is 2.49. The molecule has 0 radical (unpaired) electrons. The molecular weight excluding hydrogens is 226 g/mol. The van der Waals surface area contributed by atoms with Crippen molar-refractivity contribution in [3.63, 3.8) is 0 Å². The highest BCUT2D eigenvalue weighted by Crippen LogP contribution is 2.36. The molecule has 0 aliphatic carbocycles. The predicted octanol–water partition coefficient (Wildman–Crippen LogP) is 2.01. The first-order chi connectivity index (χ1) is 7.93. The van der Waals surface area contributed by atoms with Crippen molar-refractivity contribution in [2.45, 2.75) is 13.8 Å². The molecule has 0 aromatic heterocycles. The second-order valence-corrected chi connectivity index (χ2v) is 3.50. The summed E-state index contributed by atoms with van der Waals surface area (Å²) in [4.78, 5) is 21.9. The van der Waals surface area contributed by atoms with Gasteiger partial charge in [0, 0.05) is 5.56 Å². The van der Waals surface area contributed by atoms with Crippen molar-refractivity contribution in [3.05, 3.63) is 32.9 Å². The lowest BCUT2D eigenvalue weighted by Gasteiger charge is -2.11. The molecule has 0 saturated heterocycles. The Morgan fingerprint density at radius 1 is 1.35 bits per heavy atom. The van der Waals surface area contributed by atoms with Crippen LogP contribution in [0.2, 0.25) is 0 Å². The minimum atomic E-state index is -0.659. The van der Waals surface area contributed by atoms with E-state index in [0.717, 1.165) is 0 Å². The summed E-state index contributed by atoms with van der Waals surface area (Å²) in [5.74, 6) is -0.724. The van der Waals surface area contributed by atoms with Gasteiger partial charge < -0.3 is 9.47 Å². The number of carbonyl (C=O) groups is 1. The van der Waals surface area contributed by atoms with Crippen LogP contribution in [0.1, 0.15) is 21.5 Å². The van der Waals surface area contributed by atoms with Crippen LogP contribution in [-0.4, -0.2) is 25.1 Å². The van der Waals surface area contributed by atoms with Crippen molar-refractivity contribution in [1.29, 1.82) is 0 Å². The molecule has 0 amide bonds. The molecule has 0 aliphatic rings. The minimum absolute atomic E-state index is 0.0600. The fourth-order valence-electron chi connectivity index (χ4n) is 1.56. The van der Waals surface area contributed by atoms with Gasteiger partial charge in [-0.2, -0.15) is 0 Å². The van der Waals surface area contributed by atoms with E-state index in [1.165, 1.54) is 20.3 Å². The van der Waals surface area contributed by atoms with E-state index in [2.05, 4.69) is 4.74 Å². The zero-order valence-electron chi connectivity index (χ0n) is 10.1. The van der Waals surface area contributed by atoms with Gasteiger partial charge in [0.15, 0.2) is 0 Å². The molecule has 0 aliphatic heterocycles. The van der Waals surface area contributed by atoms with E-state index in [1.807, 2.05) is 0 Å². The van der Waals surface area contributed by atoms with E-state index in [4.69, 9.17) is 4.74 Å². The third-order valence-corrected chi connectivity index (χ3v) is 2.56. The van der Waals surface area contributed by atoms with E-state index in [9.17, 15) is 14.9 Å². The maximum atomic E-state index is 11.5. The molecule has 0 spiro atoms. The third kappa shape index (κ3) is 2.20. The molecule has 92 valence electrons. The Hall–Kier alpha value is -2.11. The minimum Gasteiger partial charge on any atom is -0.490 e. The van der Waals surface area contributed by atoms with E-state index in [0.29, 0.717) is 11.1 Å². The number of esters is 1. The average Bonchev–Trinajstić information content (AvgIpc) is 2.30. The Balaban J connectivity index is 3.63. The largest absolute Gasteiger partial charge is 0.490 e. The van der Waals surface area contributed by atoms with Crippen LogP contribution in [0.15, 0.2) is 6.07 Å². The Labute approximate surface area is 98.3 Å². The molecule has 17 heavy (non-hydrogen) atoms. The van der Waals surface area contributed by atoms with Crippen molar-refractivity contribution in [1.82, 2.24) is 0 Å². The predicted molar refractivity (Wildman–Crippen MR) is 60.5 cm³/mol. The summed E-state index contributed by atoms with van der Waals surface area (Å²) in [6, 6.07) is 1.52. The van der Waals surface area contributed by atoms with Gasteiger partial charge in [-0.1, -0.05) is 0 Å². The molecule has 0 atom stereocenters. The number of aryl methyl sites for hydroxylation is 1. The van der Waals surface area contributed by atoms with Crippen LogP contribution in [0.5, 0.6) is 5.75 Å². The van der Waals surface area contributed by atoms with Gasteiger partial charge in [0.05, 0.1) is 19.1 Å². The lowest BCUT2D eigenvalue weighted by molar-refractivity contribution is -0.386. The molecule has 0 saturated carbocycles. The van der Waals surface area contributed by atoms with E-state index >= 15 is 0 Å². The number of nitrogens with zero attached hydrogens (tertiary/aromatic N) is 1. The van der Waals surface area contributed by atoms with Crippen molar-refractivity contribution in [2.24, 2.45) is 0 Å². The van der Waals surface area contributed by atoms with Gasteiger partial charge in [0.25, 0.3) is 0 Å². The molecule has 6 heteroatoms. The monoisotopic (exact) mass is 239 g/mol. The Bertz CT molecular complexity index is 481. The standard InChI is InChI=1S/C11H13NO5/c1-6-5-8(11(13)17-4)10(16-3)9(7(6)2)12(14)15/h5H,1-4H3. The topological polar surface area (TPSA) is 78.7 Å². The Morgan fingerprint density at radius 3 is 2.35 bits per heavy atom. The number of ether oxygens (including phenoxy) is 2. The summed E-state index contributed by atoms with van der Waals surface area (Å²) < 4.78 is 9.52. The SMILES string of the molecule is COC(=O)c1cc(C)c(C)c([N+](=O)[O-])c1OC. The normalized spacial score (nSPS) is 9.88. The van der Waals surface area contributed by atoms with Gasteiger partial charge in [0.1, 0.15) is 5.56 Å². The highest BCUT2D eigenvalue weighted by Gasteiger charge is 2.27. The molecule has 6 nitrogen and oxygen atoms in total. The molecule has 0 bridgehead atoms. The van der Waals surface area contributed by atoms with Gasteiger partial charge in [-0.15, -0.1) is 0 Å². The number of hydrogen-bond donors (Lipinski definition) is 0. The summed E-state index contributed by atoms with van der Waals surface area (Å²) >= 11 is 0. The zero-order chi connectivity index (χ0) is 13.2. The molecular formula is C11H13NO5. The molecule has 1 aromatic rings. The molecule has 1 aromatic carbocycles. The maximum Gasteiger partial charge on any atom is 0.341 e. The second-order valence-electron chi connectivity index (χ2n) is 3.50. The summed E-state index contributed by atoms with van der Waals surface area (Å²) in [5, 5.41) is 11.0. The van der Waals surface area contributed by atoms with Crippen molar-refractivity contribution < 1.29 is 19.2 Å². The van der Waals surface area contributed by atoms with Gasteiger partial charge in [0.2, 0.25) is 5.75 Å². The van der Waals surface area contributed by atoms with Crippen LogP contribution in [-0.2, 0) is 4.74 Å². The second kappa shape index (κ2) is 4.82. The van der Waals surface area contributed by atoms with Gasteiger partial charge in [-0.05, 0) is 25.5 Å². The van der Waals surface area contributed by atoms with Crippen LogP contribution in [0.4, 0.5) is 5.69 Å². The Kier molecular flexibility index (Phi) is 3.67. The van der Waals surface area contributed by atoms with E-state index in [-0.39, 0.29) is 17.0 Å². The van der Waals surface area contributed by atoms with Crippen LogP contribution in [0.25, 0.3) is 0 Å². The first-order valence-electron chi connectivity index (χ1n) is 4.84. The molecule has 0 unspecified atom stereocenters. The van der Waals surface area contributed by atoms with Gasteiger partial charge >= 0.3 is 11.7 Å². The van der Waals surface area contributed by atoms with Crippen molar-refractivity contribution >= 4 is 11.7 Å². The Morgan fingerprint density at radius 2 is 1.94 bits per heavy atom. The van der Waals surface area contributed by atoms with Gasteiger partial charge in [-0.3, -0.25) is 10.1 Å². The average molecular weight is 239 g/mol. The van der Waals surface area contributed by atoms with Crippen LogP contribution in [0.3, 0.4) is 0 Å². The number of nitro benzene ring substituents is 1. The zero-order valence-corrected chi connectivity index (χ0v) is 10.1. The lowest BCUT2D eigenvalue weighted by atomic mass is 10.0. The van der Waals surface area contributed by atoms with Crippen LogP contribution >= 0.6 is 0 Å². The lowest BCUT2D eigenvalue weighted by Crippen LogP contribution is -2.08. The summed E-state index contributed by atoms with van der Waals surface area (Å²) in [6.45, 7) is 3.30. The first kappa shape index (κ1) is 13.0. The number of methoxy groups -OCH3 is 2. The smallest absolute Gasteiger partial charge is 0.341 e. The van der Waals surface area contributed by atoms with Crippen molar-refractivity contribution in [2.75, 3.05) is 14.2 Å². The molecule has 0 N–H and O–H groups in total. The number of benzene rings is 1. The number of nitro groups is 1. The van der Waals surface area contributed by atoms with Gasteiger partial charge in [-0.25, -0.2) is 4.79 Å². The van der Waals surface area contributed by atoms with Crippen LogP contribution < -0.4 is 4.74 Å². The maximum absolute atomic E-state index is 11.5.